The van der Waals surface area contributed by atoms with E-state index in [0.29, 0.717) is 23.5 Å². The zero-order chi connectivity index (χ0) is 18.7. The van der Waals surface area contributed by atoms with E-state index < -0.39 is 5.97 Å². The third-order valence-electron chi connectivity index (χ3n) is 5.40. The first kappa shape index (κ1) is 19.4. The predicted octanol–water partition coefficient (Wildman–Crippen LogP) is 5.23. The molecule has 138 valence electrons. The number of aromatic carboxylic acids is 1. The average molecular weight is 346 g/mol. The molecule has 0 saturated carbocycles. The highest BCUT2D eigenvalue weighted by Crippen LogP contribution is 2.48. The lowest BCUT2D eigenvalue weighted by Crippen LogP contribution is -2.22. The minimum Gasteiger partial charge on any atom is -0.507 e. The summed E-state index contributed by atoms with van der Waals surface area (Å²) in [5, 5.41) is 31.1. The number of phenolic OH excluding ortho intramolecular Hbond substituents is 1. The van der Waals surface area contributed by atoms with E-state index in [4.69, 9.17) is 0 Å². The number of carboxylic acids is 1. The predicted molar refractivity (Wildman–Crippen MR) is 99.4 cm³/mol. The highest BCUT2D eigenvalue weighted by atomic mass is 16.4. The zero-order valence-corrected chi connectivity index (χ0v) is 15.7. The largest absolute Gasteiger partial charge is 0.507 e. The van der Waals surface area contributed by atoms with E-state index in [2.05, 4.69) is 19.9 Å². The summed E-state index contributed by atoms with van der Waals surface area (Å²) in [5.41, 5.74) is 2.04. The lowest BCUT2D eigenvalue weighted by atomic mass is 9.71. The van der Waals surface area contributed by atoms with Gasteiger partial charge in [-0.2, -0.15) is 0 Å². The second-order valence-electron chi connectivity index (χ2n) is 7.59. The number of allylic oxidation sites excluding steroid dienone is 2. The third-order valence-corrected chi connectivity index (χ3v) is 5.40. The zero-order valence-electron chi connectivity index (χ0n) is 15.7. The van der Waals surface area contributed by atoms with Crippen LogP contribution in [-0.2, 0) is 6.42 Å². The van der Waals surface area contributed by atoms with E-state index in [9.17, 15) is 20.1 Å². The summed E-state index contributed by atoms with van der Waals surface area (Å²) in [7, 11) is 0. The number of rotatable bonds is 6. The maximum Gasteiger partial charge on any atom is 0.339 e. The summed E-state index contributed by atoms with van der Waals surface area (Å²) >= 11 is 0. The van der Waals surface area contributed by atoms with Crippen molar-refractivity contribution in [1.82, 2.24) is 0 Å². The van der Waals surface area contributed by atoms with Gasteiger partial charge in [-0.25, -0.2) is 4.79 Å². The minimum absolute atomic E-state index is 0.00945. The molecule has 25 heavy (non-hydrogen) atoms. The standard InChI is InChI=1S/C21H30O4/c1-5-6-7-14-11-17(22)19(20(23)18(14)21(24)25)16-10-13(4)8-9-15(16)12(2)3/h10-12,15-16,22-23H,5-9H2,1-4H3,(H,24,25). The maximum absolute atomic E-state index is 11.8. The normalized spacial score (nSPS) is 20.6. The van der Waals surface area contributed by atoms with Gasteiger partial charge in [-0.1, -0.05) is 38.8 Å². The molecule has 4 nitrogen and oxygen atoms in total. The van der Waals surface area contributed by atoms with Crippen molar-refractivity contribution in [2.75, 3.05) is 0 Å². The SMILES string of the molecule is CCCCc1cc(O)c(C2C=C(C)CCC2C(C)C)c(O)c1C(=O)O. The van der Waals surface area contributed by atoms with E-state index in [0.717, 1.165) is 25.7 Å². The molecule has 0 aliphatic heterocycles. The van der Waals surface area contributed by atoms with Crippen LogP contribution in [0.3, 0.4) is 0 Å². The highest BCUT2D eigenvalue weighted by molar-refractivity contribution is 5.94. The van der Waals surface area contributed by atoms with Crippen LogP contribution in [0, 0.1) is 11.8 Å². The number of phenols is 2. The summed E-state index contributed by atoms with van der Waals surface area (Å²) in [5.74, 6) is -0.908. The lowest BCUT2D eigenvalue weighted by Gasteiger charge is -2.34. The molecule has 2 unspecified atom stereocenters. The molecule has 1 aromatic rings. The fraction of sp³-hybridized carbons (Fsp3) is 0.571. The highest BCUT2D eigenvalue weighted by Gasteiger charge is 2.33. The summed E-state index contributed by atoms with van der Waals surface area (Å²) in [6.45, 7) is 8.34. The van der Waals surface area contributed by atoms with Gasteiger partial charge in [0.15, 0.2) is 0 Å². The molecule has 1 aliphatic rings. The molecule has 0 heterocycles. The molecule has 0 fully saturated rings. The molecule has 2 rings (SSSR count). The van der Waals surface area contributed by atoms with E-state index in [1.807, 2.05) is 13.8 Å². The Balaban J connectivity index is 2.62. The van der Waals surface area contributed by atoms with Crippen LogP contribution < -0.4 is 0 Å². The van der Waals surface area contributed by atoms with Crippen LogP contribution in [0.1, 0.15) is 80.8 Å². The van der Waals surface area contributed by atoms with Gasteiger partial charge < -0.3 is 15.3 Å². The van der Waals surface area contributed by atoms with Gasteiger partial charge in [0.1, 0.15) is 17.1 Å². The third kappa shape index (κ3) is 4.00. The minimum atomic E-state index is -1.14. The molecule has 0 spiro atoms. The summed E-state index contributed by atoms with van der Waals surface area (Å²) in [6.07, 6.45) is 6.33. The van der Waals surface area contributed by atoms with Gasteiger partial charge in [-0.05, 0) is 56.1 Å². The number of aryl methyl sites for hydroxylation is 1. The Hall–Kier alpha value is -1.97. The fourth-order valence-corrected chi connectivity index (χ4v) is 3.99. The molecule has 0 amide bonds. The van der Waals surface area contributed by atoms with Crippen molar-refractivity contribution in [2.24, 2.45) is 11.8 Å². The number of benzene rings is 1. The number of hydrogen-bond donors (Lipinski definition) is 3. The Morgan fingerprint density at radius 2 is 2.00 bits per heavy atom. The number of unbranched alkanes of at least 4 members (excludes halogenated alkanes) is 1. The van der Waals surface area contributed by atoms with Crippen LogP contribution in [-0.4, -0.2) is 21.3 Å². The molecule has 0 radical (unpaired) electrons. The van der Waals surface area contributed by atoms with Gasteiger partial charge in [0.05, 0.1) is 0 Å². The summed E-state index contributed by atoms with van der Waals surface area (Å²) in [4.78, 5) is 11.8. The number of aromatic hydroxyl groups is 2. The number of carbonyl (C=O) groups is 1. The van der Waals surface area contributed by atoms with Crippen LogP contribution in [0.25, 0.3) is 0 Å². The van der Waals surface area contributed by atoms with Gasteiger partial charge >= 0.3 is 5.97 Å². The van der Waals surface area contributed by atoms with Gasteiger partial charge in [0, 0.05) is 11.5 Å². The van der Waals surface area contributed by atoms with Crippen LogP contribution >= 0.6 is 0 Å². The first-order chi connectivity index (χ1) is 11.8. The number of carboxylic acid groups (broad SMARTS) is 1. The number of hydrogen-bond acceptors (Lipinski definition) is 3. The smallest absolute Gasteiger partial charge is 0.339 e. The van der Waals surface area contributed by atoms with E-state index >= 15 is 0 Å². The molecule has 1 aromatic carbocycles. The molecule has 0 bridgehead atoms. The molecule has 3 N–H and O–H groups in total. The monoisotopic (exact) mass is 346 g/mol. The fourth-order valence-electron chi connectivity index (χ4n) is 3.99. The Labute approximate surface area is 150 Å². The maximum atomic E-state index is 11.8. The Kier molecular flexibility index (Phi) is 6.15. The van der Waals surface area contributed by atoms with Crippen molar-refractivity contribution >= 4 is 5.97 Å². The molecule has 2 atom stereocenters. The molecule has 4 heteroatoms. The molecular formula is C21H30O4. The quantitative estimate of drug-likeness (QED) is 0.616. The van der Waals surface area contributed by atoms with Gasteiger partial charge in [-0.3, -0.25) is 0 Å². The average Bonchev–Trinajstić information content (AvgIpc) is 2.51. The molecular weight excluding hydrogens is 316 g/mol. The van der Waals surface area contributed by atoms with Gasteiger partial charge in [0.25, 0.3) is 0 Å². The van der Waals surface area contributed by atoms with Crippen LogP contribution in [0.15, 0.2) is 17.7 Å². The van der Waals surface area contributed by atoms with E-state index in [-0.39, 0.29) is 28.9 Å². The lowest BCUT2D eigenvalue weighted by molar-refractivity contribution is 0.0692. The summed E-state index contributed by atoms with van der Waals surface area (Å²) < 4.78 is 0. The van der Waals surface area contributed by atoms with Crippen molar-refractivity contribution < 1.29 is 20.1 Å². The second-order valence-corrected chi connectivity index (χ2v) is 7.59. The Bertz CT molecular complexity index is 673. The van der Waals surface area contributed by atoms with Crippen LogP contribution in [0.5, 0.6) is 11.5 Å². The molecule has 0 aromatic heterocycles. The van der Waals surface area contributed by atoms with Gasteiger partial charge in [0.2, 0.25) is 0 Å². The first-order valence-corrected chi connectivity index (χ1v) is 9.26. The van der Waals surface area contributed by atoms with Gasteiger partial charge in [-0.15, -0.1) is 0 Å². The van der Waals surface area contributed by atoms with Crippen molar-refractivity contribution in [3.63, 3.8) is 0 Å². The van der Waals surface area contributed by atoms with Crippen molar-refractivity contribution in [1.29, 1.82) is 0 Å². The summed E-state index contributed by atoms with van der Waals surface area (Å²) in [6, 6.07) is 1.54. The molecule has 0 saturated heterocycles. The second kappa shape index (κ2) is 7.94. The Morgan fingerprint density at radius 3 is 2.56 bits per heavy atom. The van der Waals surface area contributed by atoms with E-state index in [1.54, 1.807) is 6.07 Å². The molecule has 1 aliphatic carbocycles. The van der Waals surface area contributed by atoms with E-state index in [1.165, 1.54) is 5.57 Å². The van der Waals surface area contributed by atoms with Crippen LogP contribution in [0.2, 0.25) is 0 Å². The van der Waals surface area contributed by atoms with Crippen molar-refractivity contribution in [3.05, 3.63) is 34.4 Å². The Morgan fingerprint density at radius 1 is 1.32 bits per heavy atom. The van der Waals surface area contributed by atoms with Crippen molar-refractivity contribution in [3.8, 4) is 11.5 Å². The first-order valence-electron chi connectivity index (χ1n) is 9.26. The van der Waals surface area contributed by atoms with Crippen molar-refractivity contribution in [2.45, 2.75) is 65.7 Å². The van der Waals surface area contributed by atoms with Crippen LogP contribution in [0.4, 0.5) is 0 Å². The topological polar surface area (TPSA) is 77.8 Å².